The lowest BCUT2D eigenvalue weighted by Crippen LogP contribution is -2.46. The van der Waals surface area contributed by atoms with Gasteiger partial charge < -0.3 is 24.8 Å². The molecule has 31 heavy (non-hydrogen) atoms. The number of ether oxygens (including phenoxy) is 2. The van der Waals surface area contributed by atoms with E-state index >= 15 is 0 Å². The maximum atomic E-state index is 13.2. The number of anilines is 1. The summed E-state index contributed by atoms with van der Waals surface area (Å²) in [4.78, 5) is 11.9. The van der Waals surface area contributed by atoms with Crippen LogP contribution in [0.2, 0.25) is 5.02 Å². The second-order valence-corrected chi connectivity index (χ2v) is 9.75. The van der Waals surface area contributed by atoms with Crippen molar-refractivity contribution in [3.63, 3.8) is 0 Å². The third-order valence-corrected chi connectivity index (χ3v) is 7.67. The molecule has 1 saturated heterocycles. The zero-order valence-corrected chi connectivity index (χ0v) is 18.1. The van der Waals surface area contributed by atoms with Crippen molar-refractivity contribution in [1.82, 2.24) is 0 Å². The number of rotatable bonds is 7. The molecule has 4 atom stereocenters. The van der Waals surface area contributed by atoms with Crippen LogP contribution in [0.3, 0.4) is 0 Å². The molecule has 2 aliphatic rings. The molecule has 1 aliphatic carbocycles. The van der Waals surface area contributed by atoms with Gasteiger partial charge in [-0.25, -0.2) is 17.6 Å². The minimum Gasteiger partial charge on any atom is -0.478 e. The summed E-state index contributed by atoms with van der Waals surface area (Å²) in [6.45, 7) is 0.771. The van der Waals surface area contributed by atoms with Gasteiger partial charge in [0.15, 0.2) is 5.79 Å². The molecule has 1 spiro atoms. The minimum atomic E-state index is -4.29. The van der Waals surface area contributed by atoms with E-state index in [1.807, 2.05) is 0 Å². The predicted molar refractivity (Wildman–Crippen MR) is 109 cm³/mol. The molecule has 2 unspecified atom stereocenters. The summed E-state index contributed by atoms with van der Waals surface area (Å²) in [5.74, 6) is -3.75. The molecule has 172 valence electrons. The van der Waals surface area contributed by atoms with Crippen molar-refractivity contribution in [1.29, 1.82) is 0 Å². The van der Waals surface area contributed by atoms with E-state index in [4.69, 9.17) is 21.1 Å². The summed E-state index contributed by atoms with van der Waals surface area (Å²) in [7, 11) is -4.29. The number of nitrogens with one attached hydrogen (secondary N) is 1. The van der Waals surface area contributed by atoms with Gasteiger partial charge >= 0.3 is 5.97 Å². The summed E-state index contributed by atoms with van der Waals surface area (Å²) in [5, 5.41) is 27.5. The molecule has 0 bridgehead atoms. The molecule has 0 aromatic heterocycles. The van der Waals surface area contributed by atoms with E-state index in [2.05, 4.69) is 4.72 Å². The Kier molecular flexibility index (Phi) is 6.66. The molecule has 0 saturated carbocycles. The summed E-state index contributed by atoms with van der Waals surface area (Å²) < 4.78 is 53.0. The largest absolute Gasteiger partial charge is 0.478 e. The normalized spacial score (nSPS) is 30.9. The maximum Gasteiger partial charge on any atom is 0.332 e. The lowest BCUT2D eigenvalue weighted by molar-refractivity contribution is -0.171. The van der Waals surface area contributed by atoms with E-state index in [0.29, 0.717) is 0 Å². The number of carbonyl (C=O) groups is 1. The van der Waals surface area contributed by atoms with E-state index in [-0.39, 0.29) is 30.0 Å². The van der Waals surface area contributed by atoms with Crippen LogP contribution in [0, 0.1) is 5.82 Å². The number of carboxylic acid groups (broad SMARTS) is 1. The van der Waals surface area contributed by atoms with Gasteiger partial charge in [-0.2, -0.15) is 0 Å². The molecule has 3 rings (SSSR count). The fourth-order valence-corrected chi connectivity index (χ4v) is 5.74. The molecular weight excluding hydrogens is 457 g/mol. The van der Waals surface area contributed by atoms with Crippen molar-refractivity contribution >= 4 is 33.3 Å². The Labute approximate surface area is 183 Å². The Morgan fingerprint density at radius 2 is 2.10 bits per heavy atom. The quantitative estimate of drug-likeness (QED) is 0.462. The van der Waals surface area contributed by atoms with Crippen LogP contribution >= 0.6 is 11.6 Å². The van der Waals surface area contributed by atoms with Gasteiger partial charge in [-0.3, -0.25) is 4.72 Å². The number of hydrogen-bond donors (Lipinski definition) is 4. The first-order valence-corrected chi connectivity index (χ1v) is 11.5. The molecule has 9 nitrogen and oxygen atoms in total. The fraction of sp³-hybridized carbons (Fsp3) is 0.526. The SMILES string of the molecule is CC[C@@]1(CO)OC2(C=C(C(=O)O)C(S(=O)(=O)Nc3ccc(F)cc3Cl)CC2)O[C@H]1CO. The Morgan fingerprint density at radius 3 is 2.61 bits per heavy atom. The van der Waals surface area contributed by atoms with Crippen LogP contribution in [-0.4, -0.2) is 65.7 Å². The van der Waals surface area contributed by atoms with E-state index in [1.54, 1.807) is 6.92 Å². The summed E-state index contributed by atoms with van der Waals surface area (Å²) >= 11 is 5.88. The van der Waals surface area contributed by atoms with Crippen LogP contribution < -0.4 is 4.72 Å². The molecule has 1 fully saturated rings. The Morgan fingerprint density at radius 1 is 1.39 bits per heavy atom. The van der Waals surface area contributed by atoms with Crippen molar-refractivity contribution < 1.29 is 42.4 Å². The van der Waals surface area contributed by atoms with Gasteiger partial charge in [-0.15, -0.1) is 0 Å². The van der Waals surface area contributed by atoms with Gasteiger partial charge in [0.1, 0.15) is 22.8 Å². The highest BCUT2D eigenvalue weighted by molar-refractivity contribution is 7.93. The highest BCUT2D eigenvalue weighted by atomic mass is 35.5. The Balaban J connectivity index is 1.95. The number of benzene rings is 1. The number of carboxylic acids is 1. The molecule has 12 heteroatoms. The number of aliphatic hydroxyl groups is 2. The average Bonchev–Trinajstić information content (AvgIpc) is 3.03. The van der Waals surface area contributed by atoms with Crippen molar-refractivity contribution in [2.45, 2.75) is 48.9 Å². The van der Waals surface area contributed by atoms with E-state index in [0.717, 1.165) is 24.3 Å². The van der Waals surface area contributed by atoms with Crippen LogP contribution in [0.4, 0.5) is 10.1 Å². The third-order valence-electron chi connectivity index (χ3n) is 5.62. The number of sulfonamides is 1. The first-order valence-electron chi connectivity index (χ1n) is 9.54. The van der Waals surface area contributed by atoms with Crippen LogP contribution in [0.1, 0.15) is 26.2 Å². The maximum absolute atomic E-state index is 13.2. The van der Waals surface area contributed by atoms with Crippen LogP contribution in [-0.2, 0) is 24.3 Å². The van der Waals surface area contributed by atoms with Crippen LogP contribution in [0.15, 0.2) is 29.8 Å². The molecule has 1 aromatic rings. The predicted octanol–water partition coefficient (Wildman–Crippen LogP) is 1.64. The third kappa shape index (κ3) is 4.43. The molecule has 1 aromatic carbocycles. The van der Waals surface area contributed by atoms with Gasteiger partial charge in [-0.1, -0.05) is 18.5 Å². The number of hydrogen-bond acceptors (Lipinski definition) is 7. The highest BCUT2D eigenvalue weighted by Crippen LogP contribution is 2.46. The Bertz CT molecular complexity index is 997. The molecule has 1 aliphatic heterocycles. The Hall–Kier alpha value is -1.76. The molecule has 1 heterocycles. The minimum absolute atomic E-state index is 0.0369. The van der Waals surface area contributed by atoms with Crippen molar-refractivity contribution in [3.05, 3.63) is 40.7 Å². The number of halogens is 2. The highest BCUT2D eigenvalue weighted by Gasteiger charge is 2.57. The van der Waals surface area contributed by atoms with E-state index in [9.17, 15) is 32.9 Å². The van der Waals surface area contributed by atoms with Gasteiger partial charge in [0.25, 0.3) is 0 Å². The molecule has 0 radical (unpaired) electrons. The van der Waals surface area contributed by atoms with E-state index in [1.165, 1.54) is 0 Å². The second-order valence-electron chi connectivity index (χ2n) is 7.48. The number of aliphatic carboxylic acids is 1. The van der Waals surface area contributed by atoms with Crippen molar-refractivity contribution in [3.8, 4) is 0 Å². The number of aliphatic hydroxyl groups excluding tert-OH is 2. The molecular formula is C19H23ClFNO8S. The van der Waals surface area contributed by atoms with E-state index < -0.39 is 63.3 Å². The van der Waals surface area contributed by atoms with Gasteiger partial charge in [0, 0.05) is 6.42 Å². The monoisotopic (exact) mass is 479 g/mol. The fourth-order valence-electron chi connectivity index (χ4n) is 3.91. The van der Waals surface area contributed by atoms with Crippen LogP contribution in [0.5, 0.6) is 0 Å². The summed E-state index contributed by atoms with van der Waals surface area (Å²) in [5.41, 5.74) is -1.83. The average molecular weight is 480 g/mol. The molecule has 0 amide bonds. The van der Waals surface area contributed by atoms with Crippen molar-refractivity contribution in [2.24, 2.45) is 0 Å². The second kappa shape index (κ2) is 8.64. The lowest BCUT2D eigenvalue weighted by Gasteiger charge is -2.34. The summed E-state index contributed by atoms with van der Waals surface area (Å²) in [6.07, 6.45) is 0.211. The van der Waals surface area contributed by atoms with Crippen LogP contribution in [0.25, 0.3) is 0 Å². The zero-order chi connectivity index (χ0) is 23.0. The standard InChI is InChI=1S/C19H23ClFNO8S/c1-2-18(10-24)16(9-23)29-19(30-18)6-5-15(12(8-19)17(25)26)31(27,28)22-14-4-3-11(21)7-13(14)20/h3-4,7-8,15-16,22-24H,2,5-6,9-10H2,1H3,(H,25,26)/t15?,16-,18-,19?/m0/s1. The van der Waals surface area contributed by atoms with Gasteiger partial charge in [0.05, 0.1) is 29.5 Å². The lowest BCUT2D eigenvalue weighted by atomic mass is 9.93. The summed E-state index contributed by atoms with van der Waals surface area (Å²) in [6, 6.07) is 3.08. The molecule has 4 N–H and O–H groups in total. The first kappa shape index (κ1) is 23.9. The van der Waals surface area contributed by atoms with Crippen molar-refractivity contribution in [2.75, 3.05) is 17.9 Å². The smallest absolute Gasteiger partial charge is 0.332 e. The van der Waals surface area contributed by atoms with Gasteiger partial charge in [-0.05, 0) is 37.1 Å². The first-order chi connectivity index (χ1) is 14.5. The topological polar surface area (TPSA) is 142 Å². The van der Waals surface area contributed by atoms with Gasteiger partial charge in [0.2, 0.25) is 10.0 Å². The zero-order valence-electron chi connectivity index (χ0n) is 16.5.